The van der Waals surface area contributed by atoms with Gasteiger partial charge in [0.15, 0.2) is 23.2 Å². The summed E-state index contributed by atoms with van der Waals surface area (Å²) >= 11 is 6.20. The van der Waals surface area contributed by atoms with Gasteiger partial charge in [-0.3, -0.25) is 13.7 Å². The van der Waals surface area contributed by atoms with Crippen LogP contribution in [-0.2, 0) is 13.9 Å². The summed E-state index contributed by atoms with van der Waals surface area (Å²) in [4.78, 5) is 40.6. The fraction of sp³-hybridized carbons (Fsp3) is 0.286. The molecule has 0 aliphatic carbocycles. The summed E-state index contributed by atoms with van der Waals surface area (Å²) in [5, 5.41) is 28.3. The second-order valence-corrected chi connectivity index (χ2v) is 13.3. The van der Waals surface area contributed by atoms with Crippen molar-refractivity contribution in [3.05, 3.63) is 54.1 Å². The predicted molar refractivity (Wildman–Crippen MR) is 138 cm³/mol. The number of aromatic nitrogens is 4. The third-order valence-corrected chi connectivity index (χ3v) is 9.82. The van der Waals surface area contributed by atoms with Crippen LogP contribution in [-0.4, -0.2) is 75.2 Å². The molecule has 1 saturated heterocycles. The number of hydrogen-bond donors (Lipinski definition) is 7. The second-order valence-electron chi connectivity index (χ2n) is 8.73. The fourth-order valence-electron chi connectivity index (χ4n) is 4.29. The molecule has 0 radical (unpaired) electrons. The van der Waals surface area contributed by atoms with Crippen molar-refractivity contribution in [1.29, 1.82) is 0 Å². The minimum absolute atomic E-state index is 0.119. The standard InChI is InChI=1S/C21H23ClN6O8P2/c22-21-26-18(25-13-7-3-5-11-4-1-2-6-12(11)13)15-19(27-21)28(9-23-15)20-17(30)16(29)14(36-20)8-24-37(31,32)10-38(33,34)35/h1-7,9,14,16-17,20,29-30H,8,10H2,(H2,24,31,32)(H,25,26,27)(H2,33,34,35)/t14-,16?,17?,20-/m1/s1. The molecule has 0 bridgehead atoms. The first kappa shape index (κ1) is 27.1. The maximum absolute atomic E-state index is 12.1. The maximum atomic E-state index is 12.1. The number of hydrogen-bond acceptors (Lipinski definition) is 9. The summed E-state index contributed by atoms with van der Waals surface area (Å²) in [6.45, 7) is -0.473. The van der Waals surface area contributed by atoms with Gasteiger partial charge < -0.3 is 34.9 Å². The molecule has 0 saturated carbocycles. The zero-order valence-corrected chi connectivity index (χ0v) is 21.9. The lowest BCUT2D eigenvalue weighted by Crippen LogP contribution is -2.37. The third-order valence-electron chi connectivity index (χ3n) is 5.96. The van der Waals surface area contributed by atoms with Crippen LogP contribution in [0.1, 0.15) is 6.23 Å². The Morgan fingerprint density at radius 1 is 1.03 bits per heavy atom. The zero-order valence-electron chi connectivity index (χ0n) is 19.4. The summed E-state index contributed by atoms with van der Waals surface area (Å²) < 4.78 is 30.2. The van der Waals surface area contributed by atoms with E-state index in [9.17, 15) is 24.2 Å². The van der Waals surface area contributed by atoms with E-state index < -0.39 is 52.1 Å². The van der Waals surface area contributed by atoms with E-state index in [-0.39, 0.29) is 10.9 Å². The molecule has 5 atom stereocenters. The highest BCUT2D eigenvalue weighted by atomic mass is 35.5. The lowest BCUT2D eigenvalue weighted by atomic mass is 10.1. The number of halogens is 1. The monoisotopic (exact) mass is 584 g/mol. The van der Waals surface area contributed by atoms with Gasteiger partial charge in [-0.05, 0) is 23.1 Å². The highest BCUT2D eigenvalue weighted by Crippen LogP contribution is 2.52. The van der Waals surface area contributed by atoms with Crippen LogP contribution < -0.4 is 10.4 Å². The van der Waals surface area contributed by atoms with E-state index in [1.165, 1.54) is 10.9 Å². The van der Waals surface area contributed by atoms with Crippen molar-refractivity contribution in [1.82, 2.24) is 24.6 Å². The summed E-state index contributed by atoms with van der Waals surface area (Å²) in [5.41, 5.74) is 1.23. The van der Waals surface area contributed by atoms with Crippen molar-refractivity contribution in [2.75, 3.05) is 17.8 Å². The molecule has 7 N–H and O–H groups in total. The first-order valence-corrected chi connectivity index (χ1v) is 15.2. The molecule has 1 aliphatic rings. The van der Waals surface area contributed by atoms with Crippen molar-refractivity contribution < 1.29 is 38.8 Å². The zero-order chi connectivity index (χ0) is 27.2. The number of benzene rings is 2. The Labute approximate surface area is 219 Å². The number of anilines is 2. The molecule has 3 heterocycles. The van der Waals surface area contributed by atoms with Gasteiger partial charge in [-0.2, -0.15) is 9.97 Å². The van der Waals surface area contributed by atoms with Crippen molar-refractivity contribution in [2.24, 2.45) is 0 Å². The Balaban J connectivity index is 1.41. The molecule has 1 fully saturated rings. The van der Waals surface area contributed by atoms with Crippen molar-refractivity contribution in [3.63, 3.8) is 0 Å². The average molecular weight is 585 g/mol. The van der Waals surface area contributed by atoms with Gasteiger partial charge in [0.25, 0.3) is 7.52 Å². The summed E-state index contributed by atoms with van der Waals surface area (Å²) in [6, 6.07) is 13.5. The first-order valence-electron chi connectivity index (χ1n) is 11.2. The predicted octanol–water partition coefficient (Wildman–Crippen LogP) is 1.91. The van der Waals surface area contributed by atoms with Crippen molar-refractivity contribution >= 4 is 60.2 Å². The van der Waals surface area contributed by atoms with E-state index in [2.05, 4.69) is 25.4 Å². The summed E-state index contributed by atoms with van der Waals surface area (Å²) in [6.07, 6.45) is -4.09. The smallest absolute Gasteiger partial charge is 0.336 e. The van der Waals surface area contributed by atoms with E-state index in [0.717, 1.165) is 16.5 Å². The molecule has 17 heteroatoms. The molecule has 4 aromatic rings. The van der Waals surface area contributed by atoms with Crippen LogP contribution in [0.3, 0.4) is 0 Å². The highest BCUT2D eigenvalue weighted by molar-refractivity contribution is 7.71. The highest BCUT2D eigenvalue weighted by Gasteiger charge is 2.45. The van der Waals surface area contributed by atoms with Crippen LogP contribution in [0, 0.1) is 0 Å². The average Bonchev–Trinajstić information content (AvgIpc) is 3.37. The minimum Gasteiger partial charge on any atom is -0.387 e. The Bertz CT molecular complexity index is 1590. The minimum atomic E-state index is -4.78. The molecular weight excluding hydrogens is 562 g/mol. The van der Waals surface area contributed by atoms with Gasteiger partial charge in [-0.25, -0.2) is 10.1 Å². The number of aliphatic hydroxyl groups excluding tert-OH is 2. The van der Waals surface area contributed by atoms with Crippen LogP contribution in [0.5, 0.6) is 0 Å². The van der Waals surface area contributed by atoms with Crippen LogP contribution in [0.2, 0.25) is 5.28 Å². The Kier molecular flexibility index (Phi) is 7.31. The normalized spacial score (nSPS) is 23.6. The topological polar surface area (TPSA) is 212 Å². The Hall–Kier alpha value is -2.48. The number of nitrogens with one attached hydrogen (secondary N) is 2. The number of nitrogens with zero attached hydrogens (tertiary/aromatic N) is 4. The maximum Gasteiger partial charge on any atom is 0.336 e. The molecule has 2 aromatic heterocycles. The van der Waals surface area contributed by atoms with Crippen LogP contribution in [0.4, 0.5) is 11.5 Å². The van der Waals surface area contributed by atoms with Gasteiger partial charge in [0.2, 0.25) is 5.28 Å². The molecule has 5 rings (SSSR count). The number of imidazole rings is 1. The van der Waals surface area contributed by atoms with E-state index >= 15 is 0 Å². The molecule has 1 aliphatic heterocycles. The van der Waals surface area contributed by atoms with Crippen molar-refractivity contribution in [3.8, 4) is 0 Å². The number of ether oxygens (including phenoxy) is 1. The molecule has 202 valence electrons. The SMILES string of the molecule is O=P(O)(O)CP(=O)(O)NC[C@H]1O[C@@H](n2cnc3c(Nc4cccc5ccccc45)nc(Cl)nc32)C(O)C1O. The molecule has 0 spiro atoms. The fourth-order valence-corrected chi connectivity index (χ4v) is 7.31. The van der Waals surface area contributed by atoms with E-state index in [4.69, 9.17) is 26.1 Å². The number of rotatable bonds is 8. The van der Waals surface area contributed by atoms with Gasteiger partial charge in [-0.15, -0.1) is 0 Å². The number of fused-ring (bicyclic) bond motifs is 2. The Morgan fingerprint density at radius 2 is 1.76 bits per heavy atom. The molecule has 38 heavy (non-hydrogen) atoms. The van der Waals surface area contributed by atoms with Crippen LogP contribution >= 0.6 is 26.7 Å². The second kappa shape index (κ2) is 10.2. The van der Waals surface area contributed by atoms with Crippen LogP contribution in [0.25, 0.3) is 21.9 Å². The van der Waals surface area contributed by atoms with E-state index in [0.29, 0.717) is 11.3 Å². The van der Waals surface area contributed by atoms with Gasteiger partial charge >= 0.3 is 7.60 Å². The summed E-state index contributed by atoms with van der Waals surface area (Å²) in [7, 11) is -9.22. The van der Waals surface area contributed by atoms with Gasteiger partial charge in [0.05, 0.1) is 6.33 Å². The molecule has 2 aromatic carbocycles. The lowest BCUT2D eigenvalue weighted by Gasteiger charge is -2.19. The molecule has 14 nitrogen and oxygen atoms in total. The van der Waals surface area contributed by atoms with Crippen LogP contribution in [0.15, 0.2) is 48.8 Å². The Morgan fingerprint density at radius 3 is 2.53 bits per heavy atom. The van der Waals surface area contributed by atoms with Gasteiger partial charge in [-0.1, -0.05) is 36.4 Å². The molecule has 0 amide bonds. The first-order chi connectivity index (χ1) is 17.9. The molecular formula is C21H23ClN6O8P2. The lowest BCUT2D eigenvalue weighted by molar-refractivity contribution is -0.0331. The van der Waals surface area contributed by atoms with E-state index in [1.807, 2.05) is 42.5 Å². The summed E-state index contributed by atoms with van der Waals surface area (Å²) in [5.74, 6) is -0.997. The van der Waals surface area contributed by atoms with Gasteiger partial charge in [0.1, 0.15) is 24.2 Å². The third kappa shape index (κ3) is 5.61. The van der Waals surface area contributed by atoms with E-state index in [1.54, 1.807) is 0 Å². The largest absolute Gasteiger partial charge is 0.387 e. The van der Waals surface area contributed by atoms with Crippen molar-refractivity contribution in [2.45, 2.75) is 24.5 Å². The van der Waals surface area contributed by atoms with Gasteiger partial charge in [0, 0.05) is 17.6 Å². The molecule has 3 unspecified atom stereocenters. The quantitative estimate of drug-likeness (QED) is 0.117. The number of aliphatic hydroxyl groups is 2.